The molecule has 0 saturated carbocycles. The lowest BCUT2D eigenvalue weighted by atomic mass is 10.1. The number of quaternary nitrogens is 1. The van der Waals surface area contributed by atoms with Crippen molar-refractivity contribution in [1.82, 2.24) is 14.3 Å². The van der Waals surface area contributed by atoms with Gasteiger partial charge in [-0.25, -0.2) is 0 Å². The molecule has 0 bridgehead atoms. The molecule has 0 amide bonds. The van der Waals surface area contributed by atoms with Crippen LogP contribution < -0.4 is 9.64 Å². The van der Waals surface area contributed by atoms with Crippen molar-refractivity contribution in [3.8, 4) is 5.75 Å². The molecule has 0 aliphatic carbocycles. The molecule has 0 fully saturated rings. The number of ether oxygens (including phenoxy) is 1. The SMILES string of the molecule is COc1ccc(Cl)cc1C[NH+](C)Cn1nc(Cc2ccccc2)n(C)c1=S. The molecule has 1 unspecified atom stereocenters. The van der Waals surface area contributed by atoms with E-state index in [0.29, 0.717) is 11.7 Å². The Morgan fingerprint density at radius 2 is 1.93 bits per heavy atom. The second kappa shape index (κ2) is 8.69. The van der Waals surface area contributed by atoms with Gasteiger partial charge in [0, 0.05) is 24.1 Å². The van der Waals surface area contributed by atoms with Crippen molar-refractivity contribution in [2.45, 2.75) is 19.6 Å². The zero-order valence-corrected chi connectivity index (χ0v) is 17.3. The van der Waals surface area contributed by atoms with Gasteiger partial charge >= 0.3 is 0 Å². The van der Waals surface area contributed by atoms with Crippen molar-refractivity contribution in [3.63, 3.8) is 0 Å². The number of hydrogen-bond acceptors (Lipinski definition) is 3. The van der Waals surface area contributed by atoms with Crippen LogP contribution in [-0.4, -0.2) is 28.5 Å². The Bertz CT molecular complexity index is 968. The van der Waals surface area contributed by atoms with Crippen molar-refractivity contribution in [2.24, 2.45) is 7.05 Å². The van der Waals surface area contributed by atoms with Gasteiger partial charge in [-0.3, -0.25) is 0 Å². The normalized spacial score (nSPS) is 12.1. The number of hydrogen-bond donors (Lipinski definition) is 1. The van der Waals surface area contributed by atoms with Crippen LogP contribution in [0.25, 0.3) is 0 Å². The fourth-order valence-electron chi connectivity index (χ4n) is 3.09. The van der Waals surface area contributed by atoms with Crippen LogP contribution in [0.2, 0.25) is 5.02 Å². The molecule has 1 aromatic heterocycles. The third-order valence-corrected chi connectivity index (χ3v) is 5.21. The summed E-state index contributed by atoms with van der Waals surface area (Å²) in [6, 6.07) is 16.0. The Hall–Kier alpha value is -2.15. The maximum Gasteiger partial charge on any atom is 0.202 e. The number of rotatable bonds is 7. The summed E-state index contributed by atoms with van der Waals surface area (Å²) in [5, 5.41) is 5.45. The van der Waals surface area contributed by atoms with Gasteiger partial charge in [-0.15, -0.1) is 0 Å². The topological polar surface area (TPSA) is 36.4 Å². The van der Waals surface area contributed by atoms with E-state index in [-0.39, 0.29) is 0 Å². The molecule has 5 nitrogen and oxygen atoms in total. The Morgan fingerprint density at radius 3 is 2.63 bits per heavy atom. The third kappa shape index (κ3) is 4.77. The van der Waals surface area contributed by atoms with Gasteiger partial charge in [0.2, 0.25) is 4.77 Å². The van der Waals surface area contributed by atoms with Crippen LogP contribution in [0.3, 0.4) is 0 Å². The highest BCUT2D eigenvalue weighted by Gasteiger charge is 2.14. The smallest absolute Gasteiger partial charge is 0.202 e. The lowest BCUT2D eigenvalue weighted by molar-refractivity contribution is -0.917. The van der Waals surface area contributed by atoms with Crippen LogP contribution in [0, 0.1) is 4.77 Å². The van der Waals surface area contributed by atoms with E-state index in [2.05, 4.69) is 19.2 Å². The highest BCUT2D eigenvalue weighted by molar-refractivity contribution is 7.71. The molecule has 1 N–H and O–H groups in total. The zero-order valence-electron chi connectivity index (χ0n) is 15.8. The molecular formula is C20H24ClN4OS+. The molecule has 7 heteroatoms. The predicted molar refractivity (Wildman–Crippen MR) is 110 cm³/mol. The summed E-state index contributed by atoms with van der Waals surface area (Å²) in [5.74, 6) is 1.80. The first kappa shape index (κ1) is 19.6. The molecule has 0 aliphatic heterocycles. The average molecular weight is 404 g/mol. The summed E-state index contributed by atoms with van der Waals surface area (Å²) < 4.78 is 10.0. The summed E-state index contributed by atoms with van der Waals surface area (Å²) in [5.41, 5.74) is 2.28. The van der Waals surface area contributed by atoms with Crippen LogP contribution in [0.1, 0.15) is 17.0 Å². The average Bonchev–Trinajstić information content (AvgIpc) is 2.90. The van der Waals surface area contributed by atoms with Gasteiger partial charge in [0.1, 0.15) is 18.1 Å². The van der Waals surface area contributed by atoms with Crippen molar-refractivity contribution in [2.75, 3.05) is 14.2 Å². The molecule has 2 aromatic carbocycles. The summed E-state index contributed by atoms with van der Waals surface area (Å²) in [7, 11) is 5.75. The number of halogens is 1. The minimum atomic E-state index is 0.664. The van der Waals surface area contributed by atoms with Crippen LogP contribution >= 0.6 is 23.8 Å². The summed E-state index contributed by atoms with van der Waals surface area (Å²) in [6.07, 6.45) is 0.759. The van der Waals surface area contributed by atoms with Crippen LogP contribution in [-0.2, 0) is 26.7 Å². The van der Waals surface area contributed by atoms with E-state index in [0.717, 1.165) is 34.9 Å². The molecule has 3 rings (SSSR count). The largest absolute Gasteiger partial charge is 0.496 e. The monoisotopic (exact) mass is 403 g/mol. The van der Waals surface area contributed by atoms with E-state index in [1.807, 2.05) is 52.7 Å². The molecule has 0 radical (unpaired) electrons. The molecule has 1 heterocycles. The van der Waals surface area contributed by atoms with Crippen molar-refractivity contribution >= 4 is 23.8 Å². The lowest BCUT2D eigenvalue weighted by Gasteiger charge is -2.16. The fraction of sp³-hybridized carbons (Fsp3) is 0.300. The predicted octanol–water partition coefficient (Wildman–Crippen LogP) is 2.88. The maximum absolute atomic E-state index is 6.14. The number of nitrogens with zero attached hydrogens (tertiary/aromatic N) is 3. The Balaban J connectivity index is 1.75. The zero-order chi connectivity index (χ0) is 19.4. The van der Waals surface area contributed by atoms with E-state index in [4.69, 9.17) is 33.7 Å². The highest BCUT2D eigenvalue weighted by atomic mass is 35.5. The van der Waals surface area contributed by atoms with Crippen molar-refractivity contribution < 1.29 is 9.64 Å². The second-order valence-corrected chi connectivity index (χ2v) is 7.47. The molecule has 3 aromatic rings. The van der Waals surface area contributed by atoms with Gasteiger partial charge in [0.05, 0.1) is 14.2 Å². The van der Waals surface area contributed by atoms with E-state index in [1.165, 1.54) is 10.5 Å². The molecule has 142 valence electrons. The minimum absolute atomic E-state index is 0.664. The van der Waals surface area contributed by atoms with E-state index in [9.17, 15) is 0 Å². The number of methoxy groups -OCH3 is 1. The molecule has 0 saturated heterocycles. The minimum Gasteiger partial charge on any atom is -0.496 e. The molecule has 0 spiro atoms. The molecule has 27 heavy (non-hydrogen) atoms. The highest BCUT2D eigenvalue weighted by Crippen LogP contribution is 2.21. The summed E-state index contributed by atoms with van der Waals surface area (Å²) in [6.45, 7) is 1.42. The van der Waals surface area contributed by atoms with E-state index in [1.54, 1.807) is 7.11 Å². The first-order valence-electron chi connectivity index (χ1n) is 8.78. The lowest BCUT2D eigenvalue weighted by Crippen LogP contribution is -3.07. The van der Waals surface area contributed by atoms with Gasteiger partial charge in [-0.2, -0.15) is 9.78 Å². The Labute approximate surface area is 169 Å². The van der Waals surface area contributed by atoms with Gasteiger partial charge in [0.25, 0.3) is 0 Å². The maximum atomic E-state index is 6.14. The second-order valence-electron chi connectivity index (χ2n) is 6.67. The van der Waals surface area contributed by atoms with Gasteiger partial charge in [-0.1, -0.05) is 41.9 Å². The Morgan fingerprint density at radius 1 is 1.19 bits per heavy atom. The molecular weight excluding hydrogens is 380 g/mol. The van der Waals surface area contributed by atoms with Crippen molar-refractivity contribution in [1.29, 1.82) is 0 Å². The van der Waals surface area contributed by atoms with Crippen LogP contribution in [0.4, 0.5) is 0 Å². The Kier molecular flexibility index (Phi) is 6.31. The standard InChI is InChI=1S/C20H23ClN4OS/c1-23(13-16-12-17(21)9-10-18(16)26-3)14-25-20(27)24(2)19(22-25)11-15-7-5-4-6-8-15/h4-10,12H,11,13-14H2,1-3H3/p+1. The third-order valence-electron chi connectivity index (χ3n) is 4.49. The number of aromatic nitrogens is 3. The first-order chi connectivity index (χ1) is 13.0. The molecule has 1 atom stereocenters. The number of nitrogens with one attached hydrogen (secondary N) is 1. The van der Waals surface area contributed by atoms with E-state index < -0.39 is 0 Å². The first-order valence-corrected chi connectivity index (χ1v) is 9.57. The van der Waals surface area contributed by atoms with Crippen LogP contribution in [0.15, 0.2) is 48.5 Å². The van der Waals surface area contributed by atoms with Gasteiger partial charge in [-0.05, 0) is 36.0 Å². The van der Waals surface area contributed by atoms with Crippen LogP contribution in [0.5, 0.6) is 5.75 Å². The van der Waals surface area contributed by atoms with Gasteiger partial charge in [0.15, 0.2) is 6.67 Å². The summed E-state index contributed by atoms with van der Waals surface area (Å²) >= 11 is 11.7. The number of benzene rings is 2. The molecule has 0 aliphatic rings. The van der Waals surface area contributed by atoms with E-state index >= 15 is 0 Å². The van der Waals surface area contributed by atoms with Crippen molar-refractivity contribution in [3.05, 3.63) is 75.3 Å². The quantitative estimate of drug-likeness (QED) is 0.616. The summed E-state index contributed by atoms with van der Waals surface area (Å²) in [4.78, 5) is 1.23. The van der Waals surface area contributed by atoms with Gasteiger partial charge < -0.3 is 14.2 Å². The fourth-order valence-corrected chi connectivity index (χ4v) is 3.50.